The monoisotopic (exact) mass is 141 g/mol. The molecule has 0 aromatic heterocycles. The highest BCUT2D eigenvalue weighted by Crippen LogP contribution is 2.25. The SMILES string of the molecule is CCC1CCC[C@H](NC)C1. The van der Waals surface area contributed by atoms with Crippen molar-refractivity contribution in [3.05, 3.63) is 0 Å². The van der Waals surface area contributed by atoms with Gasteiger partial charge in [-0.15, -0.1) is 0 Å². The van der Waals surface area contributed by atoms with Gasteiger partial charge in [0.2, 0.25) is 0 Å². The first-order valence-corrected chi connectivity index (χ1v) is 4.54. The van der Waals surface area contributed by atoms with Crippen molar-refractivity contribution in [3.8, 4) is 0 Å². The van der Waals surface area contributed by atoms with Gasteiger partial charge >= 0.3 is 0 Å². The lowest BCUT2D eigenvalue weighted by molar-refractivity contribution is 0.289. The Hall–Kier alpha value is -0.0400. The van der Waals surface area contributed by atoms with E-state index in [-0.39, 0.29) is 0 Å². The van der Waals surface area contributed by atoms with E-state index >= 15 is 0 Å². The van der Waals surface area contributed by atoms with Crippen molar-refractivity contribution in [2.45, 2.75) is 45.1 Å². The van der Waals surface area contributed by atoms with Crippen LogP contribution in [0.25, 0.3) is 0 Å². The van der Waals surface area contributed by atoms with Gasteiger partial charge in [0, 0.05) is 6.04 Å². The number of hydrogen-bond donors (Lipinski definition) is 1. The van der Waals surface area contributed by atoms with Gasteiger partial charge < -0.3 is 5.32 Å². The standard InChI is InChI=1S/C9H19N/c1-3-8-5-4-6-9(7-8)10-2/h8-10H,3-7H2,1-2H3/t8?,9-/m0/s1. The van der Waals surface area contributed by atoms with Gasteiger partial charge in [-0.05, 0) is 25.8 Å². The molecule has 1 nitrogen and oxygen atoms in total. The summed E-state index contributed by atoms with van der Waals surface area (Å²) in [5, 5.41) is 3.37. The van der Waals surface area contributed by atoms with E-state index < -0.39 is 0 Å². The molecule has 1 saturated carbocycles. The Labute approximate surface area is 64.2 Å². The first-order chi connectivity index (χ1) is 4.86. The average Bonchev–Trinajstić information content (AvgIpc) is 2.05. The second-order valence-electron chi connectivity index (χ2n) is 3.43. The minimum atomic E-state index is 0.818. The quantitative estimate of drug-likeness (QED) is 0.621. The molecule has 1 heteroatoms. The second-order valence-corrected chi connectivity index (χ2v) is 3.43. The molecule has 1 fully saturated rings. The lowest BCUT2D eigenvalue weighted by Gasteiger charge is -2.27. The Kier molecular flexibility index (Phi) is 3.20. The highest BCUT2D eigenvalue weighted by Gasteiger charge is 2.18. The third-order valence-corrected chi connectivity index (χ3v) is 2.77. The molecule has 0 spiro atoms. The molecule has 1 unspecified atom stereocenters. The van der Waals surface area contributed by atoms with Crippen LogP contribution in [0.15, 0.2) is 0 Å². The zero-order chi connectivity index (χ0) is 7.40. The van der Waals surface area contributed by atoms with Crippen molar-refractivity contribution in [2.75, 3.05) is 7.05 Å². The molecule has 1 rings (SSSR count). The number of hydrogen-bond acceptors (Lipinski definition) is 1. The molecule has 0 aromatic rings. The summed E-state index contributed by atoms with van der Waals surface area (Å²) >= 11 is 0. The molecule has 0 bridgehead atoms. The molecule has 1 N–H and O–H groups in total. The summed E-state index contributed by atoms with van der Waals surface area (Å²) in [6, 6.07) is 0.818. The van der Waals surface area contributed by atoms with Crippen LogP contribution in [0.2, 0.25) is 0 Å². The lowest BCUT2D eigenvalue weighted by Crippen LogP contribution is -2.30. The van der Waals surface area contributed by atoms with Crippen LogP contribution in [0.5, 0.6) is 0 Å². The van der Waals surface area contributed by atoms with Crippen LogP contribution in [-0.2, 0) is 0 Å². The fourth-order valence-electron chi connectivity index (χ4n) is 1.92. The molecule has 0 amide bonds. The predicted octanol–water partition coefficient (Wildman–Crippen LogP) is 2.17. The summed E-state index contributed by atoms with van der Waals surface area (Å²) in [6.45, 7) is 2.31. The van der Waals surface area contributed by atoms with E-state index in [4.69, 9.17) is 0 Å². The Morgan fingerprint density at radius 1 is 1.40 bits per heavy atom. The average molecular weight is 141 g/mol. The van der Waals surface area contributed by atoms with Crippen molar-refractivity contribution >= 4 is 0 Å². The third-order valence-electron chi connectivity index (χ3n) is 2.77. The van der Waals surface area contributed by atoms with E-state index in [1.54, 1.807) is 0 Å². The topological polar surface area (TPSA) is 12.0 Å². The van der Waals surface area contributed by atoms with E-state index in [9.17, 15) is 0 Å². The van der Waals surface area contributed by atoms with Crippen LogP contribution in [-0.4, -0.2) is 13.1 Å². The molecule has 0 aliphatic heterocycles. The van der Waals surface area contributed by atoms with Crippen LogP contribution in [0, 0.1) is 5.92 Å². The zero-order valence-electron chi connectivity index (χ0n) is 7.19. The van der Waals surface area contributed by atoms with Gasteiger partial charge in [0.15, 0.2) is 0 Å². The largest absolute Gasteiger partial charge is 0.317 e. The van der Waals surface area contributed by atoms with Crippen LogP contribution in [0.3, 0.4) is 0 Å². The predicted molar refractivity (Wildman–Crippen MR) is 45.1 cm³/mol. The number of rotatable bonds is 2. The van der Waals surface area contributed by atoms with E-state index in [0.717, 1.165) is 12.0 Å². The maximum atomic E-state index is 3.37. The molecular weight excluding hydrogens is 122 g/mol. The normalized spacial score (nSPS) is 34.2. The maximum absolute atomic E-state index is 3.37. The molecule has 2 atom stereocenters. The Balaban J connectivity index is 2.25. The molecule has 0 saturated heterocycles. The minimum Gasteiger partial charge on any atom is -0.317 e. The van der Waals surface area contributed by atoms with Crippen LogP contribution >= 0.6 is 0 Å². The van der Waals surface area contributed by atoms with Crippen LogP contribution in [0.4, 0.5) is 0 Å². The summed E-state index contributed by atoms with van der Waals surface area (Å²) in [6.07, 6.45) is 7.08. The first-order valence-electron chi connectivity index (χ1n) is 4.54. The highest BCUT2D eigenvalue weighted by molar-refractivity contribution is 4.75. The lowest BCUT2D eigenvalue weighted by atomic mass is 9.84. The van der Waals surface area contributed by atoms with Gasteiger partial charge in [-0.25, -0.2) is 0 Å². The summed E-state index contributed by atoms with van der Waals surface area (Å²) < 4.78 is 0. The van der Waals surface area contributed by atoms with E-state index in [2.05, 4.69) is 19.3 Å². The van der Waals surface area contributed by atoms with Gasteiger partial charge in [0.1, 0.15) is 0 Å². The van der Waals surface area contributed by atoms with Crippen molar-refractivity contribution < 1.29 is 0 Å². The van der Waals surface area contributed by atoms with Gasteiger partial charge in [0.25, 0.3) is 0 Å². The molecule has 0 radical (unpaired) electrons. The number of nitrogens with one attached hydrogen (secondary N) is 1. The van der Waals surface area contributed by atoms with Gasteiger partial charge in [0.05, 0.1) is 0 Å². The Morgan fingerprint density at radius 3 is 2.80 bits per heavy atom. The van der Waals surface area contributed by atoms with Crippen molar-refractivity contribution in [1.82, 2.24) is 5.32 Å². The molecule has 1 aliphatic rings. The van der Waals surface area contributed by atoms with Crippen molar-refractivity contribution in [3.63, 3.8) is 0 Å². The van der Waals surface area contributed by atoms with Crippen LogP contribution < -0.4 is 5.32 Å². The molecule has 0 aromatic carbocycles. The smallest absolute Gasteiger partial charge is 0.00667 e. The van der Waals surface area contributed by atoms with Crippen molar-refractivity contribution in [2.24, 2.45) is 5.92 Å². The van der Waals surface area contributed by atoms with Crippen LogP contribution in [0.1, 0.15) is 39.0 Å². The summed E-state index contributed by atoms with van der Waals surface area (Å²) in [5.41, 5.74) is 0. The first kappa shape index (κ1) is 8.06. The van der Waals surface area contributed by atoms with Gasteiger partial charge in [-0.1, -0.05) is 26.2 Å². The summed E-state index contributed by atoms with van der Waals surface area (Å²) in [5.74, 6) is 1.01. The zero-order valence-corrected chi connectivity index (χ0v) is 7.19. The third kappa shape index (κ3) is 1.98. The highest BCUT2D eigenvalue weighted by atomic mass is 14.9. The molecule has 10 heavy (non-hydrogen) atoms. The molecular formula is C9H19N. The van der Waals surface area contributed by atoms with Gasteiger partial charge in [-0.3, -0.25) is 0 Å². The van der Waals surface area contributed by atoms with Crippen molar-refractivity contribution in [1.29, 1.82) is 0 Å². The Bertz CT molecular complexity index is 80.7. The van der Waals surface area contributed by atoms with Gasteiger partial charge in [-0.2, -0.15) is 0 Å². The van der Waals surface area contributed by atoms with E-state index in [1.165, 1.54) is 32.1 Å². The second kappa shape index (κ2) is 3.97. The molecule has 60 valence electrons. The van der Waals surface area contributed by atoms with E-state index in [1.807, 2.05) is 0 Å². The molecule has 1 aliphatic carbocycles. The maximum Gasteiger partial charge on any atom is 0.00667 e. The molecule has 0 heterocycles. The Morgan fingerprint density at radius 2 is 2.20 bits per heavy atom. The summed E-state index contributed by atoms with van der Waals surface area (Å²) in [7, 11) is 2.09. The summed E-state index contributed by atoms with van der Waals surface area (Å²) in [4.78, 5) is 0. The fraction of sp³-hybridized carbons (Fsp3) is 1.00. The van der Waals surface area contributed by atoms with E-state index in [0.29, 0.717) is 0 Å². The fourth-order valence-corrected chi connectivity index (χ4v) is 1.92. The minimum absolute atomic E-state index is 0.818.